The van der Waals surface area contributed by atoms with Crippen LogP contribution in [0.1, 0.15) is 83.4 Å². The maximum absolute atomic E-state index is 4.45. The number of hydrogen-bond donors (Lipinski definition) is 1. The standard InChI is InChI=1S/C17H32N4/c1-4-5-6-7-8-9-10-11-15-19-20-17-16(14(2)3)18-12-13-21(15)17/h14,16,18H,4-13H2,1-3H3. The highest BCUT2D eigenvalue weighted by Crippen LogP contribution is 2.24. The highest BCUT2D eigenvalue weighted by atomic mass is 15.3. The van der Waals surface area contributed by atoms with E-state index in [-0.39, 0.29) is 0 Å². The van der Waals surface area contributed by atoms with Gasteiger partial charge in [-0.15, -0.1) is 10.2 Å². The van der Waals surface area contributed by atoms with Crippen LogP contribution in [0.25, 0.3) is 0 Å². The van der Waals surface area contributed by atoms with Crippen LogP contribution in [-0.4, -0.2) is 21.3 Å². The number of unbranched alkanes of at least 4 members (excludes halogenated alkanes) is 6. The van der Waals surface area contributed by atoms with E-state index in [4.69, 9.17) is 0 Å². The highest BCUT2D eigenvalue weighted by molar-refractivity contribution is 5.05. The van der Waals surface area contributed by atoms with Gasteiger partial charge in [0.15, 0.2) is 5.82 Å². The molecule has 1 aliphatic heterocycles. The summed E-state index contributed by atoms with van der Waals surface area (Å²) in [5.74, 6) is 2.92. The van der Waals surface area contributed by atoms with Gasteiger partial charge >= 0.3 is 0 Å². The van der Waals surface area contributed by atoms with Gasteiger partial charge in [0.2, 0.25) is 0 Å². The fourth-order valence-corrected chi connectivity index (χ4v) is 3.21. The van der Waals surface area contributed by atoms with Crippen LogP contribution in [0.4, 0.5) is 0 Å². The molecule has 0 bridgehead atoms. The second kappa shape index (κ2) is 8.52. The first-order valence-electron chi connectivity index (χ1n) is 8.89. The fraction of sp³-hybridized carbons (Fsp3) is 0.882. The molecule has 0 radical (unpaired) electrons. The summed E-state index contributed by atoms with van der Waals surface area (Å²) < 4.78 is 2.36. The zero-order valence-corrected chi connectivity index (χ0v) is 14.1. The number of rotatable bonds is 9. The zero-order valence-electron chi connectivity index (χ0n) is 14.1. The van der Waals surface area contributed by atoms with E-state index < -0.39 is 0 Å². The molecule has 1 atom stereocenters. The summed E-state index contributed by atoms with van der Waals surface area (Å²) in [5, 5.41) is 12.5. The van der Waals surface area contributed by atoms with E-state index in [0.29, 0.717) is 12.0 Å². The SMILES string of the molecule is CCCCCCCCCc1nnc2n1CCNC2C(C)C. The monoisotopic (exact) mass is 292 g/mol. The molecule has 0 aromatic carbocycles. The molecular weight excluding hydrogens is 260 g/mol. The predicted octanol–water partition coefficient (Wildman–Crippen LogP) is 3.87. The quantitative estimate of drug-likeness (QED) is 0.703. The van der Waals surface area contributed by atoms with Crippen molar-refractivity contribution in [3.63, 3.8) is 0 Å². The summed E-state index contributed by atoms with van der Waals surface area (Å²) >= 11 is 0. The Labute approximate surface area is 129 Å². The highest BCUT2D eigenvalue weighted by Gasteiger charge is 2.26. The third kappa shape index (κ3) is 4.53. The molecular formula is C17H32N4. The van der Waals surface area contributed by atoms with Gasteiger partial charge in [0.25, 0.3) is 0 Å². The fourth-order valence-electron chi connectivity index (χ4n) is 3.21. The van der Waals surface area contributed by atoms with Crippen molar-refractivity contribution >= 4 is 0 Å². The van der Waals surface area contributed by atoms with Crippen molar-refractivity contribution in [2.75, 3.05) is 6.54 Å². The maximum atomic E-state index is 4.45. The molecule has 0 fully saturated rings. The van der Waals surface area contributed by atoms with E-state index in [1.807, 2.05) is 0 Å². The molecule has 1 unspecified atom stereocenters. The minimum atomic E-state index is 0.369. The molecule has 2 rings (SSSR count). The predicted molar refractivity (Wildman–Crippen MR) is 87.3 cm³/mol. The average molecular weight is 292 g/mol. The van der Waals surface area contributed by atoms with Crippen molar-refractivity contribution < 1.29 is 0 Å². The number of hydrogen-bond acceptors (Lipinski definition) is 3. The van der Waals surface area contributed by atoms with Crippen molar-refractivity contribution in [1.29, 1.82) is 0 Å². The van der Waals surface area contributed by atoms with Crippen molar-refractivity contribution in [3.8, 4) is 0 Å². The van der Waals surface area contributed by atoms with Gasteiger partial charge in [-0.1, -0.05) is 59.3 Å². The van der Waals surface area contributed by atoms with Crippen LogP contribution in [0.2, 0.25) is 0 Å². The second-order valence-electron chi connectivity index (χ2n) is 6.67. The van der Waals surface area contributed by atoms with E-state index in [2.05, 4.69) is 40.9 Å². The first-order chi connectivity index (χ1) is 10.2. The van der Waals surface area contributed by atoms with Crippen LogP contribution in [-0.2, 0) is 13.0 Å². The molecule has 120 valence electrons. The van der Waals surface area contributed by atoms with Crippen LogP contribution >= 0.6 is 0 Å². The Kier molecular flexibility index (Phi) is 6.68. The summed E-state index contributed by atoms with van der Waals surface area (Å²) in [6.45, 7) is 8.83. The molecule has 0 saturated carbocycles. The van der Waals surface area contributed by atoms with Crippen LogP contribution in [0.15, 0.2) is 0 Å². The Morgan fingerprint density at radius 2 is 1.81 bits per heavy atom. The lowest BCUT2D eigenvalue weighted by Crippen LogP contribution is -2.37. The van der Waals surface area contributed by atoms with Gasteiger partial charge in [-0.05, 0) is 12.3 Å². The minimum Gasteiger partial charge on any atom is -0.312 e. The molecule has 1 N–H and O–H groups in total. The van der Waals surface area contributed by atoms with Gasteiger partial charge in [0.05, 0.1) is 6.04 Å². The van der Waals surface area contributed by atoms with Crippen molar-refractivity contribution in [1.82, 2.24) is 20.1 Å². The van der Waals surface area contributed by atoms with Crippen LogP contribution < -0.4 is 5.32 Å². The van der Waals surface area contributed by atoms with Gasteiger partial charge in [0.1, 0.15) is 5.82 Å². The summed E-state index contributed by atoms with van der Waals surface area (Å²) in [6, 6.07) is 0.369. The summed E-state index contributed by atoms with van der Waals surface area (Å²) in [7, 11) is 0. The molecule has 1 aromatic heterocycles. The van der Waals surface area contributed by atoms with E-state index in [1.54, 1.807) is 0 Å². The summed E-state index contributed by atoms with van der Waals surface area (Å²) in [4.78, 5) is 0. The van der Waals surface area contributed by atoms with E-state index in [1.165, 1.54) is 50.8 Å². The zero-order chi connectivity index (χ0) is 15.1. The molecule has 4 nitrogen and oxygen atoms in total. The van der Waals surface area contributed by atoms with Gasteiger partial charge in [0, 0.05) is 19.5 Å². The second-order valence-corrected chi connectivity index (χ2v) is 6.67. The first-order valence-corrected chi connectivity index (χ1v) is 8.89. The number of aryl methyl sites for hydroxylation is 1. The maximum Gasteiger partial charge on any atom is 0.150 e. The van der Waals surface area contributed by atoms with E-state index in [0.717, 1.165) is 25.3 Å². The van der Waals surface area contributed by atoms with Crippen molar-refractivity contribution in [3.05, 3.63) is 11.6 Å². The van der Waals surface area contributed by atoms with Gasteiger partial charge in [-0.25, -0.2) is 0 Å². The lowest BCUT2D eigenvalue weighted by molar-refractivity contribution is 0.334. The molecule has 2 heterocycles. The van der Waals surface area contributed by atoms with Crippen molar-refractivity contribution in [2.45, 2.75) is 84.7 Å². The Bertz CT molecular complexity index is 411. The lowest BCUT2D eigenvalue weighted by Gasteiger charge is -2.27. The molecule has 0 aliphatic carbocycles. The molecule has 21 heavy (non-hydrogen) atoms. The topological polar surface area (TPSA) is 42.7 Å². The molecule has 1 aliphatic rings. The summed E-state index contributed by atoms with van der Waals surface area (Å²) in [6.07, 6.45) is 10.6. The summed E-state index contributed by atoms with van der Waals surface area (Å²) in [5.41, 5.74) is 0. The van der Waals surface area contributed by atoms with Crippen LogP contribution in [0, 0.1) is 5.92 Å². The molecule has 4 heteroatoms. The molecule has 0 saturated heterocycles. The Hall–Kier alpha value is -0.900. The number of fused-ring (bicyclic) bond motifs is 1. The van der Waals surface area contributed by atoms with E-state index in [9.17, 15) is 0 Å². The van der Waals surface area contributed by atoms with E-state index >= 15 is 0 Å². The average Bonchev–Trinajstić information content (AvgIpc) is 2.89. The van der Waals surface area contributed by atoms with Crippen molar-refractivity contribution in [2.24, 2.45) is 5.92 Å². The smallest absolute Gasteiger partial charge is 0.150 e. The Morgan fingerprint density at radius 1 is 1.10 bits per heavy atom. The minimum absolute atomic E-state index is 0.369. The van der Waals surface area contributed by atoms with Crippen LogP contribution in [0.3, 0.4) is 0 Å². The van der Waals surface area contributed by atoms with Crippen LogP contribution in [0.5, 0.6) is 0 Å². The Morgan fingerprint density at radius 3 is 2.52 bits per heavy atom. The normalized spacial score (nSPS) is 18.2. The van der Waals surface area contributed by atoms with Gasteiger partial charge in [-0.3, -0.25) is 0 Å². The Balaban J connectivity index is 1.77. The molecule has 1 aromatic rings. The largest absolute Gasteiger partial charge is 0.312 e. The van der Waals surface area contributed by atoms with Gasteiger partial charge < -0.3 is 9.88 Å². The molecule has 0 amide bonds. The number of nitrogens with one attached hydrogen (secondary N) is 1. The third-order valence-electron chi connectivity index (χ3n) is 4.50. The van der Waals surface area contributed by atoms with Gasteiger partial charge in [-0.2, -0.15) is 0 Å². The molecule has 0 spiro atoms. The number of nitrogens with zero attached hydrogens (tertiary/aromatic N) is 3. The third-order valence-corrected chi connectivity index (χ3v) is 4.50. The lowest BCUT2D eigenvalue weighted by atomic mass is 10.0. The number of aromatic nitrogens is 3. The first kappa shape index (κ1) is 16.5.